The molecule has 1 N–H and O–H groups in total. The molecule has 0 saturated carbocycles. The minimum Gasteiger partial charge on any atom is -0.347 e. The lowest BCUT2D eigenvalue weighted by Crippen LogP contribution is -2.38. The van der Waals surface area contributed by atoms with Crippen molar-refractivity contribution >= 4 is 23.4 Å². The van der Waals surface area contributed by atoms with Gasteiger partial charge in [-0.15, -0.1) is 0 Å². The van der Waals surface area contributed by atoms with Crippen molar-refractivity contribution in [1.29, 1.82) is 0 Å². The van der Waals surface area contributed by atoms with E-state index >= 15 is 0 Å². The molecule has 0 spiro atoms. The minimum atomic E-state index is -0.131. The van der Waals surface area contributed by atoms with Gasteiger partial charge in [-0.25, -0.2) is 0 Å². The molecule has 28 heavy (non-hydrogen) atoms. The molecule has 2 amide bonds. The van der Waals surface area contributed by atoms with Crippen molar-refractivity contribution in [3.63, 3.8) is 0 Å². The van der Waals surface area contributed by atoms with Crippen LogP contribution in [0.25, 0.3) is 0 Å². The highest BCUT2D eigenvalue weighted by Crippen LogP contribution is 2.22. The van der Waals surface area contributed by atoms with Crippen LogP contribution in [0, 0.1) is 0 Å². The number of carbonyl (C=O) groups is 2. The van der Waals surface area contributed by atoms with Crippen molar-refractivity contribution in [3.05, 3.63) is 69.7 Å². The van der Waals surface area contributed by atoms with Gasteiger partial charge in [0.15, 0.2) is 0 Å². The number of halogens is 1. The number of fused-ring (bicyclic) bond motifs is 1. The third-order valence-corrected chi connectivity index (χ3v) is 5.83. The zero-order valence-corrected chi connectivity index (χ0v) is 16.7. The van der Waals surface area contributed by atoms with E-state index in [1.165, 1.54) is 11.1 Å². The second-order valence-electron chi connectivity index (χ2n) is 7.69. The van der Waals surface area contributed by atoms with Crippen molar-refractivity contribution in [2.45, 2.75) is 25.4 Å². The Bertz CT molecular complexity index is 897. The maximum atomic E-state index is 12.9. The van der Waals surface area contributed by atoms with Gasteiger partial charge in [0.25, 0.3) is 11.8 Å². The number of nitrogens with zero attached hydrogens (tertiary/aromatic N) is 2. The van der Waals surface area contributed by atoms with Gasteiger partial charge in [-0.1, -0.05) is 17.7 Å². The Labute approximate surface area is 170 Å². The average Bonchev–Trinajstić information content (AvgIpc) is 3.16. The van der Waals surface area contributed by atoms with Crippen LogP contribution in [0.2, 0.25) is 5.02 Å². The van der Waals surface area contributed by atoms with E-state index in [0.717, 1.165) is 31.5 Å². The molecule has 1 atom stereocenters. The highest BCUT2D eigenvalue weighted by atomic mass is 35.5. The summed E-state index contributed by atoms with van der Waals surface area (Å²) in [5, 5.41) is 3.63. The van der Waals surface area contributed by atoms with Gasteiger partial charge in [0.1, 0.15) is 0 Å². The number of rotatable bonds is 3. The molecule has 2 aromatic carbocycles. The van der Waals surface area contributed by atoms with Gasteiger partial charge in [0, 0.05) is 48.4 Å². The summed E-state index contributed by atoms with van der Waals surface area (Å²) in [6, 6.07) is 12.8. The SMILES string of the molecule is CN1CCc2cc(C(=O)N3CCC(NC(=O)c4ccc(Cl)cc4)C3)ccc2C1. The van der Waals surface area contributed by atoms with Gasteiger partial charge in [-0.05, 0) is 67.4 Å². The second-order valence-corrected chi connectivity index (χ2v) is 8.12. The molecule has 2 aromatic rings. The summed E-state index contributed by atoms with van der Waals surface area (Å²) >= 11 is 5.87. The van der Waals surface area contributed by atoms with Crippen molar-refractivity contribution in [2.24, 2.45) is 0 Å². The minimum absolute atomic E-state index is 0.0293. The highest BCUT2D eigenvalue weighted by Gasteiger charge is 2.28. The molecular formula is C22H24ClN3O2. The van der Waals surface area contributed by atoms with Crippen LogP contribution in [0.4, 0.5) is 0 Å². The first kappa shape index (κ1) is 19.0. The molecule has 146 valence electrons. The number of nitrogens with one attached hydrogen (secondary N) is 1. The highest BCUT2D eigenvalue weighted by molar-refractivity contribution is 6.30. The van der Waals surface area contributed by atoms with E-state index < -0.39 is 0 Å². The number of benzene rings is 2. The van der Waals surface area contributed by atoms with Crippen LogP contribution in [-0.4, -0.2) is 54.3 Å². The molecule has 1 unspecified atom stereocenters. The smallest absolute Gasteiger partial charge is 0.253 e. The Hall–Kier alpha value is -2.37. The first-order valence-corrected chi connectivity index (χ1v) is 10.0. The summed E-state index contributed by atoms with van der Waals surface area (Å²) in [5.74, 6) is -0.0844. The number of hydrogen-bond acceptors (Lipinski definition) is 3. The summed E-state index contributed by atoms with van der Waals surface area (Å²) in [5.41, 5.74) is 3.90. The fourth-order valence-corrected chi connectivity index (χ4v) is 4.07. The molecule has 4 rings (SSSR count). The number of likely N-dealkylation sites (N-methyl/N-ethyl adjacent to an activating group) is 1. The molecule has 0 bridgehead atoms. The van der Waals surface area contributed by atoms with E-state index in [1.807, 2.05) is 17.0 Å². The molecule has 1 fully saturated rings. The van der Waals surface area contributed by atoms with Gasteiger partial charge < -0.3 is 15.1 Å². The van der Waals surface area contributed by atoms with E-state index in [9.17, 15) is 9.59 Å². The van der Waals surface area contributed by atoms with Crippen LogP contribution >= 0.6 is 11.6 Å². The number of hydrogen-bond donors (Lipinski definition) is 1. The number of carbonyl (C=O) groups excluding carboxylic acids is 2. The second kappa shape index (κ2) is 7.94. The lowest BCUT2D eigenvalue weighted by molar-refractivity contribution is 0.0783. The topological polar surface area (TPSA) is 52.7 Å². The van der Waals surface area contributed by atoms with E-state index in [2.05, 4.69) is 23.3 Å². The van der Waals surface area contributed by atoms with E-state index in [1.54, 1.807) is 24.3 Å². The number of amides is 2. The van der Waals surface area contributed by atoms with Crippen LogP contribution in [-0.2, 0) is 13.0 Å². The standard InChI is InChI=1S/C22H24ClN3O2/c1-25-10-8-16-12-17(2-3-18(16)13-25)22(28)26-11-9-20(14-26)24-21(27)15-4-6-19(23)7-5-15/h2-7,12,20H,8-11,13-14H2,1H3,(H,24,27). The van der Waals surface area contributed by atoms with Crippen LogP contribution in [0.3, 0.4) is 0 Å². The van der Waals surface area contributed by atoms with E-state index in [0.29, 0.717) is 23.7 Å². The predicted octanol–water partition coefficient (Wildman–Crippen LogP) is 2.97. The van der Waals surface area contributed by atoms with Crippen LogP contribution in [0.5, 0.6) is 0 Å². The Morgan fingerprint density at radius 1 is 1.04 bits per heavy atom. The van der Waals surface area contributed by atoms with Crippen molar-refractivity contribution in [2.75, 3.05) is 26.7 Å². The molecule has 6 heteroatoms. The molecule has 5 nitrogen and oxygen atoms in total. The van der Waals surface area contributed by atoms with Gasteiger partial charge in [0.05, 0.1) is 0 Å². The summed E-state index contributed by atoms with van der Waals surface area (Å²) in [6.45, 7) is 3.15. The summed E-state index contributed by atoms with van der Waals surface area (Å²) in [7, 11) is 2.12. The normalized spacial score (nSPS) is 19.4. The molecule has 0 aliphatic carbocycles. The van der Waals surface area contributed by atoms with Crippen molar-refractivity contribution in [1.82, 2.24) is 15.1 Å². The summed E-state index contributed by atoms with van der Waals surface area (Å²) in [6.07, 6.45) is 1.74. The van der Waals surface area contributed by atoms with Crippen molar-refractivity contribution < 1.29 is 9.59 Å². The van der Waals surface area contributed by atoms with E-state index in [4.69, 9.17) is 11.6 Å². The molecule has 1 saturated heterocycles. The van der Waals surface area contributed by atoms with Gasteiger partial charge >= 0.3 is 0 Å². The Balaban J connectivity index is 1.38. The molecule has 0 aromatic heterocycles. The first-order chi connectivity index (χ1) is 13.5. The van der Waals surface area contributed by atoms with Crippen LogP contribution in [0.15, 0.2) is 42.5 Å². The van der Waals surface area contributed by atoms with Gasteiger partial charge in [0.2, 0.25) is 0 Å². The third-order valence-electron chi connectivity index (χ3n) is 5.57. The quantitative estimate of drug-likeness (QED) is 0.866. The maximum absolute atomic E-state index is 12.9. The zero-order valence-electron chi connectivity index (χ0n) is 16.0. The fourth-order valence-electron chi connectivity index (χ4n) is 3.94. The predicted molar refractivity (Wildman–Crippen MR) is 110 cm³/mol. The third kappa shape index (κ3) is 4.05. The number of likely N-dealkylation sites (tertiary alicyclic amines) is 1. The van der Waals surface area contributed by atoms with Crippen LogP contribution < -0.4 is 5.32 Å². The maximum Gasteiger partial charge on any atom is 0.253 e. The monoisotopic (exact) mass is 397 g/mol. The largest absolute Gasteiger partial charge is 0.347 e. The molecule has 0 radical (unpaired) electrons. The molecular weight excluding hydrogens is 374 g/mol. The molecule has 2 heterocycles. The Kier molecular flexibility index (Phi) is 5.38. The lowest BCUT2D eigenvalue weighted by Gasteiger charge is -2.25. The van der Waals surface area contributed by atoms with Crippen molar-refractivity contribution in [3.8, 4) is 0 Å². The molecule has 2 aliphatic heterocycles. The Morgan fingerprint density at radius 2 is 1.79 bits per heavy atom. The Morgan fingerprint density at radius 3 is 2.57 bits per heavy atom. The zero-order chi connectivity index (χ0) is 19.7. The summed E-state index contributed by atoms with van der Waals surface area (Å²) < 4.78 is 0. The van der Waals surface area contributed by atoms with Gasteiger partial charge in [-0.2, -0.15) is 0 Å². The first-order valence-electron chi connectivity index (χ1n) is 9.65. The molecule has 2 aliphatic rings. The van der Waals surface area contributed by atoms with Crippen LogP contribution in [0.1, 0.15) is 38.3 Å². The van der Waals surface area contributed by atoms with E-state index in [-0.39, 0.29) is 17.9 Å². The summed E-state index contributed by atoms with van der Waals surface area (Å²) in [4.78, 5) is 29.4. The average molecular weight is 398 g/mol. The fraction of sp³-hybridized carbons (Fsp3) is 0.364. The lowest BCUT2D eigenvalue weighted by atomic mass is 9.97. The van der Waals surface area contributed by atoms with Gasteiger partial charge in [-0.3, -0.25) is 9.59 Å².